The quantitative estimate of drug-likeness (QED) is 0.831. The van der Waals surface area contributed by atoms with Gasteiger partial charge in [0.15, 0.2) is 0 Å². The molecule has 2 fully saturated rings. The maximum absolute atomic E-state index is 13.1. The number of carbonyl (C=O) groups excluding carboxylic acids is 1. The van der Waals surface area contributed by atoms with Crippen LogP contribution in [0.5, 0.6) is 0 Å². The molecule has 27 heavy (non-hydrogen) atoms. The van der Waals surface area contributed by atoms with Crippen LogP contribution in [0.3, 0.4) is 0 Å². The largest absolute Gasteiger partial charge is 0.326 e. The molecule has 0 aromatic heterocycles. The molecule has 7 nitrogen and oxygen atoms in total. The smallest absolute Gasteiger partial charge is 0.243 e. The summed E-state index contributed by atoms with van der Waals surface area (Å²) in [5.74, 6) is -0.0870. The van der Waals surface area contributed by atoms with E-state index >= 15 is 0 Å². The number of hydrogen-bond donors (Lipinski definition) is 1. The molecule has 2 aliphatic heterocycles. The maximum Gasteiger partial charge on any atom is 0.243 e. The van der Waals surface area contributed by atoms with E-state index in [0.29, 0.717) is 24.3 Å². The molecule has 2 aliphatic rings. The second kappa shape index (κ2) is 8.26. The first-order chi connectivity index (χ1) is 12.8. The number of anilines is 1. The number of carbonyl (C=O) groups is 1. The van der Waals surface area contributed by atoms with Gasteiger partial charge in [-0.1, -0.05) is 6.07 Å². The van der Waals surface area contributed by atoms with Crippen LogP contribution < -0.4 is 5.32 Å². The van der Waals surface area contributed by atoms with E-state index in [1.165, 1.54) is 4.31 Å². The van der Waals surface area contributed by atoms with Gasteiger partial charge in [-0.25, -0.2) is 8.42 Å². The Hall–Kier alpha value is -1.48. The van der Waals surface area contributed by atoms with Crippen molar-refractivity contribution in [3.05, 3.63) is 23.8 Å². The second-order valence-corrected chi connectivity index (χ2v) is 9.68. The van der Waals surface area contributed by atoms with E-state index in [0.717, 1.165) is 39.0 Å². The monoisotopic (exact) mass is 394 g/mol. The number of hydrogen-bond acceptors (Lipinski definition) is 5. The van der Waals surface area contributed by atoms with Crippen LogP contribution in [0.4, 0.5) is 5.69 Å². The van der Waals surface area contributed by atoms with Crippen molar-refractivity contribution >= 4 is 21.6 Å². The molecule has 1 amide bonds. The number of aryl methyl sites for hydroxylation is 1. The van der Waals surface area contributed by atoms with Gasteiger partial charge in [-0.3, -0.25) is 4.79 Å². The van der Waals surface area contributed by atoms with Crippen LogP contribution in [0.25, 0.3) is 0 Å². The minimum atomic E-state index is -3.56. The summed E-state index contributed by atoms with van der Waals surface area (Å²) in [6.45, 7) is 5.98. The Kier molecular flexibility index (Phi) is 6.20. The molecule has 3 rings (SSSR count). The fourth-order valence-corrected chi connectivity index (χ4v) is 5.42. The number of nitrogens with one attached hydrogen (secondary N) is 1. The number of sulfonamides is 1. The van der Waals surface area contributed by atoms with Gasteiger partial charge in [-0.05, 0) is 58.1 Å². The highest BCUT2D eigenvalue weighted by atomic mass is 32.2. The molecule has 1 aromatic rings. The Bertz CT molecular complexity index is 788. The van der Waals surface area contributed by atoms with Crippen molar-refractivity contribution in [3.63, 3.8) is 0 Å². The van der Waals surface area contributed by atoms with E-state index < -0.39 is 10.0 Å². The van der Waals surface area contributed by atoms with Gasteiger partial charge in [-0.2, -0.15) is 4.31 Å². The van der Waals surface area contributed by atoms with Crippen LogP contribution in [0.15, 0.2) is 23.1 Å². The summed E-state index contributed by atoms with van der Waals surface area (Å²) in [5.41, 5.74) is 1.25. The van der Waals surface area contributed by atoms with Gasteiger partial charge in [0.2, 0.25) is 15.9 Å². The van der Waals surface area contributed by atoms with Crippen molar-refractivity contribution in [1.82, 2.24) is 14.1 Å². The zero-order chi connectivity index (χ0) is 19.6. The standard InChI is InChI=1S/C19H30N4O3S/c1-15-6-7-17(20-19(24)16-5-4-8-22(3)14-16)13-18(15)27(25,26)23-11-9-21(2)10-12-23/h6-7,13,16H,4-5,8-12,14H2,1-3H3,(H,20,24)/t16-/m1/s1. The molecule has 0 saturated carbocycles. The van der Waals surface area contributed by atoms with E-state index in [-0.39, 0.29) is 16.7 Å². The molecule has 0 radical (unpaired) electrons. The topological polar surface area (TPSA) is 73.0 Å². The summed E-state index contributed by atoms with van der Waals surface area (Å²) in [7, 11) is 0.453. The first-order valence-electron chi connectivity index (χ1n) is 9.56. The second-order valence-electron chi connectivity index (χ2n) is 7.78. The molecule has 0 spiro atoms. The first-order valence-corrected chi connectivity index (χ1v) is 11.0. The number of likely N-dealkylation sites (N-methyl/N-ethyl adjacent to an activating group) is 1. The fourth-order valence-electron chi connectivity index (χ4n) is 3.75. The minimum absolute atomic E-state index is 0.0339. The number of nitrogens with zero attached hydrogens (tertiary/aromatic N) is 3. The molecule has 2 saturated heterocycles. The molecular formula is C19H30N4O3S. The van der Waals surface area contributed by atoms with E-state index in [9.17, 15) is 13.2 Å². The zero-order valence-corrected chi connectivity index (χ0v) is 17.3. The SMILES string of the molecule is Cc1ccc(NC(=O)[C@@H]2CCCN(C)C2)cc1S(=O)(=O)N1CCN(C)CC1. The van der Waals surface area contributed by atoms with Crippen molar-refractivity contribution in [3.8, 4) is 0 Å². The number of piperidine rings is 1. The van der Waals surface area contributed by atoms with Crippen LogP contribution in [0.1, 0.15) is 18.4 Å². The number of amides is 1. The summed E-state index contributed by atoms with van der Waals surface area (Å²) < 4.78 is 27.7. The summed E-state index contributed by atoms with van der Waals surface area (Å²) in [5, 5.41) is 2.93. The van der Waals surface area contributed by atoms with E-state index in [1.54, 1.807) is 25.1 Å². The number of rotatable bonds is 4. The van der Waals surface area contributed by atoms with Crippen LogP contribution in [0, 0.1) is 12.8 Å². The molecule has 150 valence electrons. The Morgan fingerprint density at radius 3 is 2.44 bits per heavy atom. The normalized spacial score (nSPS) is 23.3. The van der Waals surface area contributed by atoms with E-state index in [1.807, 2.05) is 14.1 Å². The third kappa shape index (κ3) is 4.68. The van der Waals surface area contributed by atoms with Gasteiger partial charge >= 0.3 is 0 Å². The number of benzene rings is 1. The molecule has 2 heterocycles. The molecule has 0 unspecified atom stereocenters. The van der Waals surface area contributed by atoms with Gasteiger partial charge in [-0.15, -0.1) is 0 Å². The fraction of sp³-hybridized carbons (Fsp3) is 0.632. The van der Waals surface area contributed by atoms with Gasteiger partial charge in [0.25, 0.3) is 0 Å². The summed E-state index contributed by atoms with van der Waals surface area (Å²) >= 11 is 0. The lowest BCUT2D eigenvalue weighted by atomic mass is 9.97. The molecule has 0 aliphatic carbocycles. The number of piperazine rings is 1. The molecule has 1 aromatic carbocycles. The van der Waals surface area contributed by atoms with Crippen molar-refractivity contribution in [2.24, 2.45) is 5.92 Å². The lowest BCUT2D eigenvalue weighted by Gasteiger charge is -2.32. The van der Waals surface area contributed by atoms with Crippen molar-refractivity contribution in [2.45, 2.75) is 24.7 Å². The Balaban J connectivity index is 1.77. The summed E-state index contributed by atoms with van der Waals surface area (Å²) in [6, 6.07) is 5.15. The van der Waals surface area contributed by atoms with Gasteiger partial charge in [0.1, 0.15) is 0 Å². The van der Waals surface area contributed by atoms with Crippen molar-refractivity contribution in [2.75, 3.05) is 58.7 Å². The van der Waals surface area contributed by atoms with Crippen molar-refractivity contribution in [1.29, 1.82) is 0 Å². The highest BCUT2D eigenvalue weighted by Gasteiger charge is 2.29. The van der Waals surface area contributed by atoms with Gasteiger partial charge < -0.3 is 15.1 Å². The first kappa shape index (κ1) is 20.3. The van der Waals surface area contributed by atoms with Gasteiger partial charge in [0.05, 0.1) is 10.8 Å². The predicted octanol–water partition coefficient (Wildman–Crippen LogP) is 1.21. The van der Waals surface area contributed by atoms with Crippen molar-refractivity contribution < 1.29 is 13.2 Å². The van der Waals surface area contributed by atoms with E-state index in [2.05, 4.69) is 15.1 Å². The lowest BCUT2D eigenvalue weighted by molar-refractivity contribution is -0.121. The molecule has 8 heteroatoms. The zero-order valence-electron chi connectivity index (χ0n) is 16.4. The van der Waals surface area contributed by atoms with Crippen LogP contribution in [0.2, 0.25) is 0 Å². The molecular weight excluding hydrogens is 364 g/mol. The average molecular weight is 395 g/mol. The molecule has 1 atom stereocenters. The predicted molar refractivity (Wildman–Crippen MR) is 106 cm³/mol. The highest BCUT2D eigenvalue weighted by Crippen LogP contribution is 2.25. The van der Waals surface area contributed by atoms with Crippen LogP contribution in [-0.4, -0.2) is 81.8 Å². The average Bonchev–Trinajstić information content (AvgIpc) is 2.63. The third-order valence-electron chi connectivity index (χ3n) is 5.53. The number of likely N-dealkylation sites (tertiary alicyclic amines) is 1. The Morgan fingerprint density at radius 1 is 1.07 bits per heavy atom. The van der Waals surface area contributed by atoms with Crippen LogP contribution in [-0.2, 0) is 14.8 Å². The summed E-state index contributed by atoms with van der Waals surface area (Å²) in [4.78, 5) is 17.2. The lowest BCUT2D eigenvalue weighted by Crippen LogP contribution is -2.47. The minimum Gasteiger partial charge on any atom is -0.326 e. The van der Waals surface area contributed by atoms with Crippen LogP contribution >= 0.6 is 0 Å². The molecule has 0 bridgehead atoms. The highest BCUT2D eigenvalue weighted by molar-refractivity contribution is 7.89. The summed E-state index contributed by atoms with van der Waals surface area (Å²) in [6.07, 6.45) is 1.88. The van der Waals surface area contributed by atoms with E-state index in [4.69, 9.17) is 0 Å². The Labute approximate surface area is 162 Å². The third-order valence-corrected chi connectivity index (χ3v) is 7.57. The Morgan fingerprint density at radius 2 is 1.78 bits per heavy atom. The molecule has 1 N–H and O–H groups in total. The van der Waals surface area contributed by atoms with Gasteiger partial charge in [0, 0.05) is 38.4 Å². The maximum atomic E-state index is 13.1.